The molecule has 32 heavy (non-hydrogen) atoms. The molecule has 0 aliphatic carbocycles. The fourth-order valence-electron chi connectivity index (χ4n) is 4.13. The maximum Gasteiger partial charge on any atom is 0.137 e. The van der Waals surface area contributed by atoms with E-state index in [1.165, 1.54) is 0 Å². The second-order valence-electron chi connectivity index (χ2n) is 7.82. The molecule has 160 valence electrons. The summed E-state index contributed by atoms with van der Waals surface area (Å²) in [5.41, 5.74) is 4.50. The molecule has 2 N–H and O–H groups in total. The minimum atomic E-state index is 0.394. The molecule has 8 heteroatoms. The van der Waals surface area contributed by atoms with Gasteiger partial charge in [0.15, 0.2) is 0 Å². The Balaban J connectivity index is 1.53. The van der Waals surface area contributed by atoms with E-state index in [1.807, 2.05) is 18.6 Å². The summed E-state index contributed by atoms with van der Waals surface area (Å²) < 4.78 is 2.06. The van der Waals surface area contributed by atoms with Crippen LogP contribution >= 0.6 is 23.2 Å². The fourth-order valence-corrected chi connectivity index (χ4v) is 4.73. The minimum absolute atomic E-state index is 0.394. The predicted octanol–water partition coefficient (Wildman–Crippen LogP) is 5.72. The van der Waals surface area contributed by atoms with Crippen LogP contribution in [0.5, 0.6) is 0 Å². The molecule has 1 saturated heterocycles. The number of hydrogen-bond donors (Lipinski definition) is 2. The number of pyridine rings is 1. The molecule has 4 aromatic rings. The Hall–Kier alpha value is -3.11. The number of nitrogens with one attached hydrogen (secondary N) is 2. The van der Waals surface area contributed by atoms with Gasteiger partial charge in [-0.15, -0.1) is 0 Å². The third-order valence-electron chi connectivity index (χ3n) is 5.83. The molecular weight excluding hydrogens is 443 g/mol. The lowest BCUT2D eigenvalue weighted by atomic mass is 10.0. The molecule has 5 rings (SSSR count). The lowest BCUT2D eigenvalue weighted by Gasteiger charge is -2.22. The molecule has 0 saturated carbocycles. The summed E-state index contributed by atoms with van der Waals surface area (Å²) >= 11 is 12.6. The summed E-state index contributed by atoms with van der Waals surface area (Å²) in [7, 11) is 0. The molecule has 1 aliphatic heterocycles. The van der Waals surface area contributed by atoms with Crippen LogP contribution in [0.1, 0.15) is 30.0 Å². The Bertz CT molecular complexity index is 1330. The molecule has 6 nitrogen and oxygen atoms in total. The van der Waals surface area contributed by atoms with Crippen molar-refractivity contribution >= 4 is 45.9 Å². The first-order valence-electron chi connectivity index (χ1n) is 10.4. The van der Waals surface area contributed by atoms with Gasteiger partial charge < -0.3 is 10.3 Å². The van der Waals surface area contributed by atoms with E-state index in [1.54, 1.807) is 24.3 Å². The van der Waals surface area contributed by atoms with Crippen molar-refractivity contribution < 1.29 is 0 Å². The SMILES string of the molecule is N#C/C(=C\c1c[nH]c2ncc(-c3cnn(C4CCNCC4)c3)cc12)c1c(Cl)cccc1Cl. The number of fused-ring (bicyclic) bond motifs is 1. The number of rotatable bonds is 4. The zero-order valence-electron chi connectivity index (χ0n) is 17.1. The van der Waals surface area contributed by atoms with E-state index in [-0.39, 0.29) is 0 Å². The van der Waals surface area contributed by atoms with Crippen LogP contribution in [-0.2, 0) is 0 Å². The van der Waals surface area contributed by atoms with E-state index in [9.17, 15) is 5.26 Å². The van der Waals surface area contributed by atoms with Crippen LogP contribution < -0.4 is 5.32 Å². The van der Waals surface area contributed by atoms with E-state index in [4.69, 9.17) is 23.2 Å². The van der Waals surface area contributed by atoms with Crippen molar-refractivity contribution in [3.63, 3.8) is 0 Å². The number of allylic oxidation sites excluding steroid dienone is 1. The summed E-state index contributed by atoms with van der Waals surface area (Å²) in [6, 6.07) is 9.93. The topological polar surface area (TPSA) is 82.3 Å². The molecule has 1 aliphatic rings. The molecule has 3 aromatic heterocycles. The summed E-state index contributed by atoms with van der Waals surface area (Å²) in [6.45, 7) is 2.03. The van der Waals surface area contributed by atoms with Gasteiger partial charge in [0.25, 0.3) is 0 Å². The molecule has 4 heterocycles. The van der Waals surface area contributed by atoms with E-state index in [0.29, 0.717) is 27.2 Å². The van der Waals surface area contributed by atoms with E-state index >= 15 is 0 Å². The number of nitriles is 1. The number of piperidine rings is 1. The molecule has 0 unspecified atom stereocenters. The normalized spacial score (nSPS) is 15.2. The predicted molar refractivity (Wildman–Crippen MR) is 128 cm³/mol. The third kappa shape index (κ3) is 3.91. The van der Waals surface area contributed by atoms with Crippen molar-refractivity contribution in [2.75, 3.05) is 13.1 Å². The molecule has 1 fully saturated rings. The average molecular weight is 463 g/mol. The number of H-pyrrole nitrogens is 1. The van der Waals surface area contributed by atoms with Gasteiger partial charge in [-0.25, -0.2) is 4.98 Å². The van der Waals surface area contributed by atoms with Gasteiger partial charge in [0.2, 0.25) is 0 Å². The summed E-state index contributed by atoms with van der Waals surface area (Å²) in [5, 5.41) is 19.6. The molecule has 0 bridgehead atoms. The first-order chi connectivity index (χ1) is 15.6. The van der Waals surface area contributed by atoms with Crippen molar-refractivity contribution in [1.29, 1.82) is 5.26 Å². The van der Waals surface area contributed by atoms with Crippen LogP contribution in [0.25, 0.3) is 33.8 Å². The van der Waals surface area contributed by atoms with Crippen molar-refractivity contribution in [2.24, 2.45) is 0 Å². The maximum atomic E-state index is 9.78. The standard InChI is InChI=1S/C24H20Cl2N6/c25-21-2-1-3-22(26)23(21)15(10-27)8-17-12-30-24-20(17)9-16(11-29-24)18-13-31-32(14-18)19-4-6-28-7-5-19/h1-3,8-9,11-14,19,28H,4-7H2,(H,29,30)/b15-8+. The number of halogens is 2. The Morgan fingerprint density at radius 2 is 1.94 bits per heavy atom. The highest BCUT2D eigenvalue weighted by Gasteiger charge is 2.17. The Morgan fingerprint density at radius 3 is 2.69 bits per heavy atom. The second kappa shape index (κ2) is 8.79. The molecule has 0 spiro atoms. The van der Waals surface area contributed by atoms with E-state index < -0.39 is 0 Å². The Labute approximate surface area is 195 Å². The average Bonchev–Trinajstić information content (AvgIpc) is 3.46. The van der Waals surface area contributed by atoms with Crippen molar-refractivity contribution in [3.05, 3.63) is 70.2 Å². The molecule has 0 atom stereocenters. The quantitative estimate of drug-likeness (QED) is 0.379. The molecule has 0 radical (unpaired) electrons. The largest absolute Gasteiger partial charge is 0.346 e. The minimum Gasteiger partial charge on any atom is -0.346 e. The lowest BCUT2D eigenvalue weighted by Crippen LogP contribution is -2.29. The second-order valence-corrected chi connectivity index (χ2v) is 8.64. The highest BCUT2D eigenvalue weighted by atomic mass is 35.5. The van der Waals surface area contributed by atoms with Crippen LogP contribution in [0, 0.1) is 11.3 Å². The van der Waals surface area contributed by atoms with Gasteiger partial charge in [-0.05, 0) is 50.2 Å². The van der Waals surface area contributed by atoms with Gasteiger partial charge in [-0.3, -0.25) is 4.68 Å². The summed E-state index contributed by atoms with van der Waals surface area (Å²) in [5.74, 6) is 0. The van der Waals surface area contributed by atoms with Gasteiger partial charge in [-0.1, -0.05) is 29.3 Å². The van der Waals surface area contributed by atoms with E-state index in [2.05, 4.69) is 43.4 Å². The zero-order chi connectivity index (χ0) is 22.1. The van der Waals surface area contributed by atoms with Gasteiger partial charge in [0.05, 0.1) is 33.9 Å². The zero-order valence-corrected chi connectivity index (χ0v) is 18.7. The highest BCUT2D eigenvalue weighted by molar-refractivity contribution is 6.38. The fraction of sp³-hybridized carbons (Fsp3) is 0.208. The number of aromatic amines is 1. The monoisotopic (exact) mass is 462 g/mol. The van der Waals surface area contributed by atoms with Crippen LogP contribution in [0.2, 0.25) is 10.0 Å². The lowest BCUT2D eigenvalue weighted by molar-refractivity contribution is 0.343. The van der Waals surface area contributed by atoms with Gasteiger partial charge >= 0.3 is 0 Å². The highest BCUT2D eigenvalue weighted by Crippen LogP contribution is 2.33. The van der Waals surface area contributed by atoms with Crippen LogP contribution in [-0.4, -0.2) is 32.8 Å². The maximum absolute atomic E-state index is 9.78. The molecular formula is C24H20Cl2N6. The Kier molecular flexibility index (Phi) is 5.71. The number of benzene rings is 1. The molecule has 1 aromatic carbocycles. The van der Waals surface area contributed by atoms with Crippen LogP contribution in [0.15, 0.2) is 49.1 Å². The number of nitrogens with zero attached hydrogens (tertiary/aromatic N) is 4. The number of aromatic nitrogens is 4. The van der Waals surface area contributed by atoms with Gasteiger partial charge in [0.1, 0.15) is 5.65 Å². The van der Waals surface area contributed by atoms with Crippen molar-refractivity contribution in [2.45, 2.75) is 18.9 Å². The molecule has 0 amide bonds. The summed E-state index contributed by atoms with van der Waals surface area (Å²) in [4.78, 5) is 7.75. The number of hydrogen-bond acceptors (Lipinski definition) is 4. The van der Waals surface area contributed by atoms with Crippen LogP contribution in [0.3, 0.4) is 0 Å². The summed E-state index contributed by atoms with van der Waals surface area (Å²) in [6.07, 6.45) is 11.6. The first-order valence-corrected chi connectivity index (χ1v) is 11.2. The first kappa shape index (κ1) is 20.8. The van der Waals surface area contributed by atoms with Crippen LogP contribution in [0.4, 0.5) is 0 Å². The van der Waals surface area contributed by atoms with Crippen molar-refractivity contribution in [3.8, 4) is 17.2 Å². The smallest absolute Gasteiger partial charge is 0.137 e. The van der Waals surface area contributed by atoms with Gasteiger partial charge in [0, 0.05) is 46.2 Å². The van der Waals surface area contributed by atoms with E-state index in [0.717, 1.165) is 53.7 Å². The van der Waals surface area contributed by atoms with Gasteiger partial charge in [-0.2, -0.15) is 10.4 Å². The Morgan fingerprint density at radius 1 is 1.16 bits per heavy atom. The van der Waals surface area contributed by atoms with Crippen molar-refractivity contribution in [1.82, 2.24) is 25.1 Å². The third-order valence-corrected chi connectivity index (χ3v) is 6.46.